The molecule has 2 aromatic rings. The van der Waals surface area contributed by atoms with E-state index in [4.69, 9.17) is 15.2 Å². The number of ether oxygens (including phenoxy) is 2. The fourth-order valence-corrected chi connectivity index (χ4v) is 4.73. The number of fused-ring (bicyclic) bond motifs is 2. The topological polar surface area (TPSA) is 81.9 Å². The fraction of sp³-hybridized carbons (Fsp3) is 0.333. The van der Waals surface area contributed by atoms with E-state index in [1.807, 2.05) is 35.2 Å². The van der Waals surface area contributed by atoms with E-state index in [9.17, 15) is 9.59 Å². The first-order chi connectivity index (χ1) is 14.5. The zero-order valence-electron chi connectivity index (χ0n) is 17.0. The third-order valence-electron chi connectivity index (χ3n) is 6.03. The number of methoxy groups -OCH3 is 1. The zero-order valence-corrected chi connectivity index (χ0v) is 17.0. The van der Waals surface area contributed by atoms with Crippen LogP contribution in [0.4, 0.5) is 0 Å². The minimum Gasteiger partial charge on any atom is -0.496 e. The van der Waals surface area contributed by atoms with Crippen molar-refractivity contribution in [1.82, 2.24) is 4.90 Å². The third kappa shape index (κ3) is 3.77. The second-order valence-electron chi connectivity index (χ2n) is 7.86. The number of carbonyl (C=O) groups excluding carboxylic acids is 2. The molecule has 156 valence electrons. The molecule has 0 radical (unpaired) electrons. The molecule has 2 aliphatic rings. The van der Waals surface area contributed by atoms with Crippen molar-refractivity contribution >= 4 is 11.8 Å². The Bertz CT molecular complexity index is 973. The maximum atomic E-state index is 12.2. The van der Waals surface area contributed by atoms with Crippen molar-refractivity contribution in [1.29, 1.82) is 0 Å². The molecule has 2 fully saturated rings. The van der Waals surface area contributed by atoms with E-state index >= 15 is 0 Å². The summed E-state index contributed by atoms with van der Waals surface area (Å²) in [7, 11) is 1.61. The number of primary amides is 1. The predicted molar refractivity (Wildman–Crippen MR) is 114 cm³/mol. The first kappa shape index (κ1) is 20.0. The van der Waals surface area contributed by atoms with Gasteiger partial charge in [0, 0.05) is 36.1 Å². The van der Waals surface area contributed by atoms with Gasteiger partial charge in [-0.3, -0.25) is 9.59 Å². The molecule has 2 amide bonds. The summed E-state index contributed by atoms with van der Waals surface area (Å²) >= 11 is 0. The Labute approximate surface area is 176 Å². The number of carbonyl (C=O) groups is 2. The lowest BCUT2D eigenvalue weighted by Gasteiger charge is -2.38. The second-order valence-corrected chi connectivity index (χ2v) is 7.86. The number of nitrogens with zero attached hydrogens (tertiary/aromatic N) is 1. The molecule has 2 bridgehead atoms. The van der Waals surface area contributed by atoms with Gasteiger partial charge >= 0.3 is 0 Å². The van der Waals surface area contributed by atoms with Crippen molar-refractivity contribution in [3.05, 3.63) is 60.7 Å². The maximum absolute atomic E-state index is 12.2. The zero-order chi connectivity index (χ0) is 21.3. The van der Waals surface area contributed by atoms with Crippen LogP contribution in [0.2, 0.25) is 0 Å². The lowest BCUT2D eigenvalue weighted by atomic mass is 9.98. The minimum atomic E-state index is -0.511. The Balaban J connectivity index is 1.61. The van der Waals surface area contributed by atoms with Crippen molar-refractivity contribution in [2.75, 3.05) is 7.11 Å². The molecule has 0 aromatic heterocycles. The lowest BCUT2D eigenvalue weighted by Crippen LogP contribution is -2.48. The van der Waals surface area contributed by atoms with Crippen molar-refractivity contribution in [2.45, 2.75) is 43.9 Å². The van der Waals surface area contributed by atoms with Gasteiger partial charge in [0.25, 0.3) is 0 Å². The molecule has 0 spiro atoms. The van der Waals surface area contributed by atoms with Crippen LogP contribution >= 0.6 is 0 Å². The Hall–Kier alpha value is -3.28. The Morgan fingerprint density at radius 2 is 1.83 bits per heavy atom. The molecule has 0 saturated carbocycles. The van der Waals surface area contributed by atoms with E-state index in [2.05, 4.69) is 6.58 Å². The highest BCUT2D eigenvalue weighted by molar-refractivity contribution is 5.95. The highest BCUT2D eigenvalue weighted by atomic mass is 16.5. The minimum absolute atomic E-state index is 0.00450. The lowest BCUT2D eigenvalue weighted by molar-refractivity contribution is -0.131. The number of benzene rings is 2. The standard InChI is InChI=1S/C24H26N2O4/c1-3-23(27)26-17-8-9-18(26)14-20(13-17)30-19-11-15(10-16(12-19)24(25)28)21-6-4-5-7-22(21)29-2/h3-7,10-12,17-18,20H,1,8-9,13-14H2,2H3,(H2,25,28). The number of piperidine rings is 1. The van der Waals surface area contributed by atoms with Gasteiger partial charge in [-0.15, -0.1) is 0 Å². The van der Waals surface area contributed by atoms with E-state index < -0.39 is 5.91 Å². The van der Waals surface area contributed by atoms with Gasteiger partial charge in [0.05, 0.1) is 7.11 Å². The molecule has 2 N–H and O–H groups in total. The van der Waals surface area contributed by atoms with E-state index in [1.165, 1.54) is 6.08 Å². The largest absolute Gasteiger partial charge is 0.496 e. The summed E-state index contributed by atoms with van der Waals surface area (Å²) in [5.74, 6) is 0.790. The average molecular weight is 406 g/mol. The molecule has 4 rings (SSSR count). The second kappa shape index (κ2) is 8.22. The molecule has 0 aliphatic carbocycles. The number of rotatable bonds is 6. The molecule has 2 aromatic carbocycles. The van der Waals surface area contributed by atoms with E-state index in [0.717, 1.165) is 36.8 Å². The van der Waals surface area contributed by atoms with Crippen LogP contribution in [0.5, 0.6) is 11.5 Å². The van der Waals surface area contributed by atoms with Crippen LogP contribution in [-0.4, -0.2) is 42.0 Å². The molecule has 2 heterocycles. The van der Waals surface area contributed by atoms with Gasteiger partial charge in [0.1, 0.15) is 17.6 Å². The van der Waals surface area contributed by atoms with Crippen molar-refractivity contribution in [3.63, 3.8) is 0 Å². The highest BCUT2D eigenvalue weighted by Crippen LogP contribution is 2.39. The summed E-state index contributed by atoms with van der Waals surface area (Å²) in [6, 6.07) is 13.3. The summed E-state index contributed by atoms with van der Waals surface area (Å²) in [5.41, 5.74) is 7.63. The van der Waals surface area contributed by atoms with E-state index in [-0.39, 0.29) is 24.1 Å². The van der Waals surface area contributed by atoms with Gasteiger partial charge in [-0.25, -0.2) is 0 Å². The predicted octanol–water partition coefficient (Wildman–Crippen LogP) is 3.55. The number of para-hydroxylation sites is 1. The van der Waals surface area contributed by atoms with Crippen LogP contribution in [-0.2, 0) is 4.79 Å². The summed E-state index contributed by atoms with van der Waals surface area (Å²) in [5, 5.41) is 0. The fourth-order valence-electron chi connectivity index (χ4n) is 4.73. The quantitative estimate of drug-likeness (QED) is 0.744. The van der Waals surface area contributed by atoms with Crippen molar-refractivity contribution in [2.24, 2.45) is 5.73 Å². The molecule has 2 saturated heterocycles. The van der Waals surface area contributed by atoms with Crippen LogP contribution in [0.1, 0.15) is 36.0 Å². The van der Waals surface area contributed by atoms with Crippen molar-refractivity contribution in [3.8, 4) is 22.6 Å². The van der Waals surface area contributed by atoms with Crippen LogP contribution < -0.4 is 15.2 Å². The van der Waals surface area contributed by atoms with Gasteiger partial charge < -0.3 is 20.1 Å². The van der Waals surface area contributed by atoms with Gasteiger partial charge in [-0.05, 0) is 48.7 Å². The molecular weight excluding hydrogens is 380 g/mol. The Morgan fingerprint density at radius 1 is 1.13 bits per heavy atom. The summed E-state index contributed by atoms with van der Waals surface area (Å²) in [6.07, 6.45) is 4.87. The first-order valence-electron chi connectivity index (χ1n) is 10.2. The number of hydrogen-bond acceptors (Lipinski definition) is 4. The van der Waals surface area contributed by atoms with Crippen LogP contribution in [0, 0.1) is 0 Å². The third-order valence-corrected chi connectivity index (χ3v) is 6.03. The molecule has 2 aliphatic heterocycles. The highest BCUT2D eigenvalue weighted by Gasteiger charge is 2.43. The Morgan fingerprint density at radius 3 is 2.47 bits per heavy atom. The molecule has 2 atom stereocenters. The first-order valence-corrected chi connectivity index (χ1v) is 10.2. The number of amides is 2. The van der Waals surface area contributed by atoms with Gasteiger partial charge in [-0.2, -0.15) is 0 Å². The summed E-state index contributed by atoms with van der Waals surface area (Å²) < 4.78 is 11.8. The molecule has 2 unspecified atom stereocenters. The number of hydrogen-bond donors (Lipinski definition) is 1. The monoisotopic (exact) mass is 406 g/mol. The average Bonchev–Trinajstić information content (AvgIpc) is 3.03. The van der Waals surface area contributed by atoms with E-state index in [0.29, 0.717) is 17.1 Å². The molecule has 30 heavy (non-hydrogen) atoms. The number of nitrogens with two attached hydrogens (primary N) is 1. The summed E-state index contributed by atoms with van der Waals surface area (Å²) in [6.45, 7) is 3.62. The SMILES string of the molecule is C=CC(=O)N1C2CCC1CC(Oc1cc(C(N)=O)cc(-c3ccccc3OC)c1)C2. The smallest absolute Gasteiger partial charge is 0.248 e. The van der Waals surface area contributed by atoms with Crippen LogP contribution in [0.25, 0.3) is 11.1 Å². The Kier molecular flexibility index (Phi) is 5.48. The molecular formula is C24H26N2O4. The van der Waals surface area contributed by atoms with Gasteiger partial charge in [-0.1, -0.05) is 24.8 Å². The normalized spacial score (nSPS) is 22.4. The van der Waals surface area contributed by atoms with Gasteiger partial charge in [0.15, 0.2) is 0 Å². The van der Waals surface area contributed by atoms with Crippen molar-refractivity contribution < 1.29 is 19.1 Å². The van der Waals surface area contributed by atoms with Crippen LogP contribution in [0.15, 0.2) is 55.1 Å². The molecule has 6 nitrogen and oxygen atoms in total. The maximum Gasteiger partial charge on any atom is 0.248 e. The molecule has 6 heteroatoms. The van der Waals surface area contributed by atoms with E-state index in [1.54, 1.807) is 19.2 Å². The summed E-state index contributed by atoms with van der Waals surface area (Å²) in [4.78, 5) is 26.1. The van der Waals surface area contributed by atoms with Gasteiger partial charge in [0.2, 0.25) is 11.8 Å². The van der Waals surface area contributed by atoms with Crippen LogP contribution in [0.3, 0.4) is 0 Å².